The zero-order valence-corrected chi connectivity index (χ0v) is 15.7. The average molecular weight is 382 g/mol. The maximum atomic E-state index is 12.8. The molecule has 0 fully saturated rings. The SMILES string of the molecule is CC(=O)N1c2ccc(S(=O)(=O)Oc3cccc4cccnc34)cc2C[C@@H]1C. The molecule has 7 heteroatoms. The van der Waals surface area contributed by atoms with Crippen LogP contribution in [0, 0.1) is 0 Å². The highest BCUT2D eigenvalue weighted by atomic mass is 32.2. The van der Waals surface area contributed by atoms with Gasteiger partial charge < -0.3 is 9.08 Å². The van der Waals surface area contributed by atoms with Crippen LogP contribution < -0.4 is 9.08 Å². The second-order valence-corrected chi connectivity index (χ2v) is 8.15. The second kappa shape index (κ2) is 6.35. The number of benzene rings is 2. The van der Waals surface area contributed by atoms with E-state index >= 15 is 0 Å². The first-order valence-electron chi connectivity index (χ1n) is 8.58. The monoisotopic (exact) mass is 382 g/mol. The highest BCUT2D eigenvalue weighted by Crippen LogP contribution is 2.35. The summed E-state index contributed by atoms with van der Waals surface area (Å²) in [5.41, 5.74) is 2.06. The molecule has 0 bridgehead atoms. The molecule has 1 amide bonds. The van der Waals surface area contributed by atoms with Crippen LogP contribution in [-0.4, -0.2) is 25.4 Å². The van der Waals surface area contributed by atoms with E-state index < -0.39 is 10.1 Å². The van der Waals surface area contributed by atoms with E-state index in [1.54, 1.807) is 41.4 Å². The fraction of sp³-hybridized carbons (Fsp3) is 0.200. The Morgan fingerprint density at radius 3 is 2.74 bits per heavy atom. The predicted octanol–water partition coefficient (Wildman–Crippen LogP) is 3.30. The number of para-hydroxylation sites is 1. The van der Waals surface area contributed by atoms with Gasteiger partial charge in [0, 0.05) is 30.2 Å². The van der Waals surface area contributed by atoms with Gasteiger partial charge in [-0.1, -0.05) is 18.2 Å². The molecule has 2 heterocycles. The fourth-order valence-corrected chi connectivity index (χ4v) is 4.54. The van der Waals surface area contributed by atoms with Gasteiger partial charge in [0.2, 0.25) is 5.91 Å². The minimum absolute atomic E-state index is 0.00126. The molecule has 2 aromatic carbocycles. The van der Waals surface area contributed by atoms with Crippen LogP contribution in [0.3, 0.4) is 0 Å². The molecule has 27 heavy (non-hydrogen) atoms. The summed E-state index contributed by atoms with van der Waals surface area (Å²) >= 11 is 0. The third kappa shape index (κ3) is 3.04. The molecule has 0 aliphatic carbocycles. The molecule has 1 aliphatic heterocycles. The number of hydrogen-bond acceptors (Lipinski definition) is 5. The summed E-state index contributed by atoms with van der Waals surface area (Å²) in [4.78, 5) is 17.8. The minimum Gasteiger partial charge on any atom is -0.377 e. The molecular formula is C20H18N2O4S. The number of carbonyl (C=O) groups is 1. The summed E-state index contributed by atoms with van der Waals surface area (Å²) in [5.74, 6) is 0.127. The molecule has 6 nitrogen and oxygen atoms in total. The highest BCUT2D eigenvalue weighted by Gasteiger charge is 2.30. The zero-order chi connectivity index (χ0) is 19.2. The van der Waals surface area contributed by atoms with Crippen LogP contribution in [0.25, 0.3) is 10.9 Å². The maximum Gasteiger partial charge on any atom is 0.339 e. The highest BCUT2D eigenvalue weighted by molar-refractivity contribution is 7.87. The first-order valence-corrected chi connectivity index (χ1v) is 9.98. The van der Waals surface area contributed by atoms with Crippen molar-refractivity contribution in [1.29, 1.82) is 0 Å². The number of amides is 1. The summed E-state index contributed by atoms with van der Waals surface area (Å²) in [6.45, 7) is 3.45. The molecule has 1 aromatic heterocycles. The number of hydrogen-bond donors (Lipinski definition) is 0. The average Bonchev–Trinajstić information content (AvgIpc) is 2.97. The van der Waals surface area contributed by atoms with Crippen molar-refractivity contribution in [3.05, 3.63) is 60.3 Å². The Hall–Kier alpha value is -2.93. The van der Waals surface area contributed by atoms with Crippen LogP contribution in [0.2, 0.25) is 0 Å². The lowest BCUT2D eigenvalue weighted by molar-refractivity contribution is -0.116. The van der Waals surface area contributed by atoms with Crippen LogP contribution in [0.4, 0.5) is 5.69 Å². The van der Waals surface area contributed by atoms with Crippen molar-refractivity contribution in [2.45, 2.75) is 31.2 Å². The first-order chi connectivity index (χ1) is 12.9. The first kappa shape index (κ1) is 17.5. The quantitative estimate of drug-likeness (QED) is 0.650. The Balaban J connectivity index is 1.71. The zero-order valence-electron chi connectivity index (χ0n) is 14.9. The fourth-order valence-electron chi connectivity index (χ4n) is 3.55. The molecule has 0 spiro atoms. The van der Waals surface area contributed by atoms with Crippen molar-refractivity contribution in [3.8, 4) is 5.75 Å². The van der Waals surface area contributed by atoms with Crippen LogP contribution >= 0.6 is 0 Å². The third-order valence-electron chi connectivity index (χ3n) is 4.69. The molecule has 0 saturated carbocycles. The van der Waals surface area contributed by atoms with Crippen LogP contribution in [0.15, 0.2) is 59.6 Å². The second-order valence-electron chi connectivity index (χ2n) is 6.60. The van der Waals surface area contributed by atoms with Gasteiger partial charge in [0.05, 0.1) is 0 Å². The van der Waals surface area contributed by atoms with E-state index in [0.717, 1.165) is 16.6 Å². The lowest BCUT2D eigenvalue weighted by atomic mass is 10.1. The molecule has 0 N–H and O–H groups in total. The van der Waals surface area contributed by atoms with Crippen molar-refractivity contribution in [1.82, 2.24) is 4.98 Å². The van der Waals surface area contributed by atoms with Crippen LogP contribution in [0.5, 0.6) is 5.75 Å². The summed E-state index contributed by atoms with van der Waals surface area (Å²) in [6.07, 6.45) is 2.20. The molecule has 1 atom stereocenters. The van der Waals surface area contributed by atoms with Gasteiger partial charge in [0.25, 0.3) is 0 Å². The third-order valence-corrected chi connectivity index (χ3v) is 5.92. The largest absolute Gasteiger partial charge is 0.377 e. The van der Waals surface area contributed by atoms with Crippen molar-refractivity contribution in [2.75, 3.05) is 4.90 Å². The summed E-state index contributed by atoms with van der Waals surface area (Å²) in [6, 6.07) is 13.5. The number of rotatable bonds is 3. The summed E-state index contributed by atoms with van der Waals surface area (Å²) in [5, 5.41) is 0.796. The van der Waals surface area contributed by atoms with Gasteiger partial charge in [-0.15, -0.1) is 0 Å². The molecular weight excluding hydrogens is 364 g/mol. The topological polar surface area (TPSA) is 76.6 Å². The van der Waals surface area contributed by atoms with E-state index in [2.05, 4.69) is 4.98 Å². The molecule has 1 aliphatic rings. The Morgan fingerprint density at radius 1 is 1.19 bits per heavy atom. The van der Waals surface area contributed by atoms with Gasteiger partial charge in [0.1, 0.15) is 10.4 Å². The normalized spacial score (nSPS) is 16.4. The number of fused-ring (bicyclic) bond motifs is 2. The number of anilines is 1. The molecule has 138 valence electrons. The minimum atomic E-state index is -4.03. The summed E-state index contributed by atoms with van der Waals surface area (Å²) in [7, 11) is -4.03. The van der Waals surface area contributed by atoms with Crippen molar-refractivity contribution in [3.63, 3.8) is 0 Å². The van der Waals surface area contributed by atoms with E-state index in [-0.39, 0.29) is 22.6 Å². The van der Waals surface area contributed by atoms with Gasteiger partial charge in [-0.3, -0.25) is 9.78 Å². The van der Waals surface area contributed by atoms with E-state index in [4.69, 9.17) is 4.18 Å². The maximum absolute atomic E-state index is 12.8. The predicted molar refractivity (Wildman–Crippen MR) is 102 cm³/mol. The van der Waals surface area contributed by atoms with Gasteiger partial charge >= 0.3 is 10.1 Å². The lowest BCUT2D eigenvalue weighted by Crippen LogP contribution is -2.33. The standard InChI is InChI=1S/C20H18N2O4S/c1-13-11-16-12-17(8-9-18(16)22(13)14(2)23)27(24,25)26-19-7-3-5-15-6-4-10-21-20(15)19/h3-10,12-13H,11H2,1-2H3/t13-/m0/s1. The molecule has 3 aromatic rings. The Labute approximate surface area is 157 Å². The van der Waals surface area contributed by atoms with Crippen molar-refractivity contribution in [2.24, 2.45) is 0 Å². The van der Waals surface area contributed by atoms with Crippen molar-refractivity contribution < 1.29 is 17.4 Å². The van der Waals surface area contributed by atoms with E-state index in [0.29, 0.717) is 11.9 Å². The van der Waals surface area contributed by atoms with Gasteiger partial charge in [-0.25, -0.2) is 0 Å². The molecule has 4 rings (SSSR count). The van der Waals surface area contributed by atoms with Gasteiger partial charge in [-0.2, -0.15) is 8.42 Å². The molecule has 0 unspecified atom stereocenters. The molecule has 0 saturated heterocycles. The smallest absolute Gasteiger partial charge is 0.339 e. The molecule has 0 radical (unpaired) electrons. The van der Waals surface area contributed by atoms with E-state index in [9.17, 15) is 13.2 Å². The number of carbonyl (C=O) groups excluding carboxylic acids is 1. The Kier molecular flexibility index (Phi) is 4.11. The van der Waals surface area contributed by atoms with Gasteiger partial charge in [-0.05, 0) is 49.2 Å². The summed E-state index contributed by atoms with van der Waals surface area (Å²) < 4.78 is 31.0. The van der Waals surface area contributed by atoms with Crippen molar-refractivity contribution >= 4 is 32.6 Å². The Morgan fingerprint density at radius 2 is 1.96 bits per heavy atom. The number of aromatic nitrogens is 1. The number of pyridine rings is 1. The van der Waals surface area contributed by atoms with E-state index in [1.165, 1.54) is 13.0 Å². The van der Waals surface area contributed by atoms with Crippen LogP contribution in [-0.2, 0) is 21.3 Å². The van der Waals surface area contributed by atoms with Crippen LogP contribution in [0.1, 0.15) is 19.4 Å². The Bertz CT molecular complexity index is 1150. The van der Waals surface area contributed by atoms with E-state index in [1.807, 2.05) is 19.1 Å². The number of nitrogens with zero attached hydrogens (tertiary/aromatic N) is 2. The van der Waals surface area contributed by atoms with Gasteiger partial charge in [0.15, 0.2) is 5.75 Å². The lowest BCUT2D eigenvalue weighted by Gasteiger charge is -2.20.